The Bertz CT molecular complexity index is 569. The summed E-state index contributed by atoms with van der Waals surface area (Å²) in [6.45, 7) is 11.9. The third kappa shape index (κ3) is 4.82. The lowest BCUT2D eigenvalue weighted by atomic mass is 9.85. The van der Waals surface area contributed by atoms with E-state index in [-0.39, 0.29) is 5.41 Å². The van der Waals surface area contributed by atoms with Crippen molar-refractivity contribution < 1.29 is 4.21 Å². The molecule has 0 saturated heterocycles. The highest BCUT2D eigenvalue weighted by Gasteiger charge is 2.27. The van der Waals surface area contributed by atoms with E-state index in [9.17, 15) is 4.21 Å². The van der Waals surface area contributed by atoms with Crippen molar-refractivity contribution in [1.82, 2.24) is 0 Å². The van der Waals surface area contributed by atoms with Crippen molar-refractivity contribution in [3.63, 3.8) is 0 Å². The van der Waals surface area contributed by atoms with Crippen LogP contribution in [0, 0.1) is 5.41 Å². The van der Waals surface area contributed by atoms with Crippen LogP contribution >= 0.6 is 11.6 Å². The lowest BCUT2D eigenvalue weighted by molar-refractivity contribution is 0.591. The van der Waals surface area contributed by atoms with E-state index in [1.54, 1.807) is 0 Å². The lowest BCUT2D eigenvalue weighted by Crippen LogP contribution is -2.27. The van der Waals surface area contributed by atoms with Crippen molar-refractivity contribution in [2.75, 3.05) is 12.4 Å². The molecule has 0 radical (unpaired) electrons. The fraction of sp³-hybridized carbons (Fsp3) is 0.562. The molecule has 21 heavy (non-hydrogen) atoms. The summed E-state index contributed by atoms with van der Waals surface area (Å²) >= 11 is 6.14. The van der Waals surface area contributed by atoms with Crippen molar-refractivity contribution in [2.24, 2.45) is 9.81 Å². The highest BCUT2D eigenvalue weighted by molar-refractivity contribution is 7.85. The lowest BCUT2D eigenvalue weighted by Gasteiger charge is -2.25. The van der Waals surface area contributed by atoms with E-state index in [0.717, 1.165) is 17.0 Å². The van der Waals surface area contributed by atoms with Gasteiger partial charge in [-0.3, -0.25) is 0 Å². The minimum Gasteiger partial charge on any atom is -0.388 e. The van der Waals surface area contributed by atoms with Gasteiger partial charge in [0.25, 0.3) is 0 Å². The van der Waals surface area contributed by atoms with E-state index in [0.29, 0.717) is 5.02 Å². The zero-order valence-corrected chi connectivity index (χ0v) is 15.4. The predicted molar refractivity (Wildman–Crippen MR) is 94.9 cm³/mol. The monoisotopic (exact) mass is 328 g/mol. The summed E-state index contributed by atoms with van der Waals surface area (Å²) in [6, 6.07) is 5.62. The van der Waals surface area contributed by atoms with E-state index >= 15 is 0 Å². The van der Waals surface area contributed by atoms with Gasteiger partial charge in [0.05, 0.1) is 10.5 Å². The molecule has 1 atom stereocenters. The third-order valence-electron chi connectivity index (χ3n) is 2.91. The molecular weight excluding hydrogens is 304 g/mol. The van der Waals surface area contributed by atoms with Crippen LogP contribution in [0.1, 0.15) is 47.1 Å². The Morgan fingerprint density at radius 2 is 1.76 bits per heavy atom. The van der Waals surface area contributed by atoms with Crippen LogP contribution < -0.4 is 5.32 Å². The van der Waals surface area contributed by atoms with Gasteiger partial charge in [-0.2, -0.15) is 4.40 Å². The van der Waals surface area contributed by atoms with Gasteiger partial charge in [0.2, 0.25) is 0 Å². The SMILES string of the molecule is CNc1ccc(Cl)cc1/C(=N\[S@](=O)C(C)(C)C)C(C)(C)C. The number of hydrogen-bond donors (Lipinski definition) is 1. The van der Waals surface area contributed by atoms with Crippen LogP contribution in [0.15, 0.2) is 22.6 Å². The molecule has 0 aliphatic heterocycles. The summed E-state index contributed by atoms with van der Waals surface area (Å²) < 4.78 is 16.6. The standard InChI is InChI=1S/C16H25ClN2OS/c1-15(2,3)14(19-21(20)16(4,5)6)12-10-11(17)8-9-13(12)18-7/h8-10,18H,1-7H3/b19-14+/t21-/m1/s1. The van der Waals surface area contributed by atoms with Gasteiger partial charge in [-0.15, -0.1) is 0 Å². The largest absolute Gasteiger partial charge is 0.388 e. The summed E-state index contributed by atoms with van der Waals surface area (Å²) in [5.41, 5.74) is 2.38. The molecule has 0 saturated carbocycles. The van der Waals surface area contributed by atoms with Crippen LogP contribution in [0.5, 0.6) is 0 Å². The van der Waals surface area contributed by atoms with Crippen molar-refractivity contribution in [1.29, 1.82) is 0 Å². The Morgan fingerprint density at radius 3 is 2.19 bits per heavy atom. The molecular formula is C16H25ClN2OS. The van der Waals surface area contributed by atoms with Crippen LogP contribution in [0.2, 0.25) is 5.02 Å². The number of halogens is 1. The maximum absolute atomic E-state index is 12.4. The molecule has 0 heterocycles. The molecule has 1 rings (SSSR count). The summed E-state index contributed by atoms with van der Waals surface area (Å²) in [7, 11) is 0.541. The maximum Gasteiger partial charge on any atom is 0.145 e. The van der Waals surface area contributed by atoms with Gasteiger partial charge in [0.1, 0.15) is 11.0 Å². The number of benzene rings is 1. The second-order valence-electron chi connectivity index (χ2n) is 6.99. The van der Waals surface area contributed by atoms with Gasteiger partial charge in [-0.25, -0.2) is 4.21 Å². The molecule has 0 bridgehead atoms. The first kappa shape index (κ1) is 18.2. The van der Waals surface area contributed by atoms with E-state index in [1.165, 1.54) is 0 Å². The number of rotatable bonds is 3. The average Bonchev–Trinajstić information content (AvgIpc) is 2.32. The van der Waals surface area contributed by atoms with E-state index in [2.05, 4.69) is 30.5 Å². The van der Waals surface area contributed by atoms with Gasteiger partial charge in [-0.05, 0) is 39.0 Å². The van der Waals surface area contributed by atoms with Gasteiger partial charge < -0.3 is 5.32 Å². The minimum absolute atomic E-state index is 0.239. The third-order valence-corrected chi connectivity index (χ3v) is 4.55. The van der Waals surface area contributed by atoms with Crippen LogP contribution in [-0.4, -0.2) is 21.7 Å². The molecule has 0 aromatic heterocycles. The van der Waals surface area contributed by atoms with Crippen molar-refractivity contribution in [2.45, 2.75) is 46.3 Å². The second-order valence-corrected chi connectivity index (χ2v) is 9.33. The Labute approximate surface area is 135 Å². The van der Waals surface area contributed by atoms with Crippen LogP contribution in [0.25, 0.3) is 0 Å². The zero-order valence-electron chi connectivity index (χ0n) is 13.9. The molecule has 5 heteroatoms. The Balaban J connectivity index is 3.51. The Morgan fingerprint density at radius 1 is 1.19 bits per heavy atom. The number of nitrogens with one attached hydrogen (secondary N) is 1. The normalized spacial score (nSPS) is 15.0. The Kier molecular flexibility index (Phi) is 5.62. The quantitative estimate of drug-likeness (QED) is 0.818. The highest BCUT2D eigenvalue weighted by Crippen LogP contribution is 2.30. The van der Waals surface area contributed by atoms with Crippen LogP contribution in [0.4, 0.5) is 5.69 Å². The maximum atomic E-state index is 12.4. The molecule has 0 aliphatic rings. The van der Waals surface area contributed by atoms with E-state index in [1.807, 2.05) is 46.0 Å². The first-order valence-electron chi connectivity index (χ1n) is 6.95. The number of hydrogen-bond acceptors (Lipinski definition) is 2. The molecule has 0 amide bonds. The fourth-order valence-electron chi connectivity index (χ4n) is 1.74. The first-order valence-corrected chi connectivity index (χ1v) is 8.44. The summed E-state index contributed by atoms with van der Waals surface area (Å²) in [5.74, 6) is 0. The van der Waals surface area contributed by atoms with E-state index < -0.39 is 15.7 Å². The summed E-state index contributed by atoms with van der Waals surface area (Å²) in [4.78, 5) is 0. The van der Waals surface area contributed by atoms with Gasteiger partial charge in [0, 0.05) is 28.7 Å². The predicted octanol–water partition coefficient (Wildman–Crippen LogP) is 4.68. The molecule has 0 unspecified atom stereocenters. The van der Waals surface area contributed by atoms with Crippen LogP contribution in [0.3, 0.4) is 0 Å². The average molecular weight is 329 g/mol. The van der Waals surface area contributed by atoms with Crippen molar-refractivity contribution in [3.8, 4) is 0 Å². The smallest absolute Gasteiger partial charge is 0.145 e. The molecule has 0 fully saturated rings. The van der Waals surface area contributed by atoms with Gasteiger partial charge in [-0.1, -0.05) is 32.4 Å². The first-order chi connectivity index (χ1) is 9.46. The fourth-order valence-corrected chi connectivity index (χ4v) is 2.72. The van der Waals surface area contributed by atoms with Gasteiger partial charge >= 0.3 is 0 Å². The molecule has 0 spiro atoms. The molecule has 1 aromatic rings. The molecule has 1 N–H and O–H groups in total. The zero-order chi connectivity index (χ0) is 16.4. The molecule has 1 aromatic carbocycles. The Hall–Kier alpha value is -0.870. The number of anilines is 1. The van der Waals surface area contributed by atoms with E-state index in [4.69, 9.17) is 11.6 Å². The molecule has 0 aliphatic carbocycles. The van der Waals surface area contributed by atoms with Gasteiger partial charge in [0.15, 0.2) is 0 Å². The summed E-state index contributed by atoms with van der Waals surface area (Å²) in [5, 5.41) is 3.79. The highest BCUT2D eigenvalue weighted by atomic mass is 35.5. The van der Waals surface area contributed by atoms with Crippen molar-refractivity contribution >= 4 is 34.0 Å². The topological polar surface area (TPSA) is 41.5 Å². The molecule has 118 valence electrons. The van der Waals surface area contributed by atoms with Crippen LogP contribution in [-0.2, 0) is 11.0 Å². The van der Waals surface area contributed by atoms with Crippen molar-refractivity contribution in [3.05, 3.63) is 28.8 Å². The second kappa shape index (κ2) is 6.49. The summed E-state index contributed by atoms with van der Waals surface area (Å²) in [6.07, 6.45) is 0. The molecule has 3 nitrogen and oxygen atoms in total. The number of nitrogens with zero attached hydrogens (tertiary/aromatic N) is 1. The minimum atomic E-state index is -1.31.